The van der Waals surface area contributed by atoms with E-state index in [-0.39, 0.29) is 13.1 Å². The molecule has 0 spiro atoms. The highest BCUT2D eigenvalue weighted by Gasteiger charge is 2.44. The zero-order valence-corrected chi connectivity index (χ0v) is 17.6. The van der Waals surface area contributed by atoms with Crippen molar-refractivity contribution in [3.05, 3.63) is 58.9 Å². The van der Waals surface area contributed by atoms with E-state index >= 15 is 0 Å². The topological polar surface area (TPSA) is 59.3 Å². The highest BCUT2D eigenvalue weighted by molar-refractivity contribution is 6.30. The van der Waals surface area contributed by atoms with E-state index in [9.17, 15) is 13.9 Å². The predicted octanol–water partition coefficient (Wildman–Crippen LogP) is 4.49. The van der Waals surface area contributed by atoms with Crippen LogP contribution in [-0.4, -0.2) is 33.4 Å². The van der Waals surface area contributed by atoms with Crippen molar-refractivity contribution < 1.29 is 18.6 Å². The molecule has 0 bridgehead atoms. The molecule has 5 nitrogen and oxygen atoms in total. The van der Waals surface area contributed by atoms with E-state index in [0.717, 1.165) is 28.6 Å². The monoisotopic (exact) mass is 435 g/mol. The Bertz CT molecular complexity index is 1070. The molecule has 30 heavy (non-hydrogen) atoms. The van der Waals surface area contributed by atoms with Crippen LogP contribution in [0.1, 0.15) is 31.4 Å². The maximum Gasteiger partial charge on any atom is 0.280 e. The van der Waals surface area contributed by atoms with Gasteiger partial charge in [-0.2, -0.15) is 0 Å². The van der Waals surface area contributed by atoms with Gasteiger partial charge in [-0.25, -0.2) is 8.78 Å². The van der Waals surface area contributed by atoms with E-state index in [2.05, 4.69) is 10.3 Å². The van der Waals surface area contributed by atoms with Crippen molar-refractivity contribution in [1.29, 1.82) is 0 Å². The van der Waals surface area contributed by atoms with Crippen molar-refractivity contribution >= 4 is 22.6 Å². The summed E-state index contributed by atoms with van der Waals surface area (Å²) in [7, 11) is 0. The maximum absolute atomic E-state index is 14.0. The summed E-state index contributed by atoms with van der Waals surface area (Å²) in [4.78, 5) is 4.24. The molecule has 160 valence electrons. The summed E-state index contributed by atoms with van der Waals surface area (Å²) in [6.45, 7) is 4.16. The zero-order valence-electron chi connectivity index (χ0n) is 16.8. The fourth-order valence-corrected chi connectivity index (χ4v) is 4.38. The molecule has 0 saturated heterocycles. The largest absolute Gasteiger partial charge is 0.493 e. The Morgan fingerprint density at radius 2 is 2.13 bits per heavy atom. The number of alkyl halides is 2. The van der Waals surface area contributed by atoms with E-state index in [4.69, 9.17) is 16.3 Å². The minimum atomic E-state index is -3.00. The lowest BCUT2D eigenvalue weighted by atomic mass is 9.76. The van der Waals surface area contributed by atoms with Crippen molar-refractivity contribution in [3.8, 4) is 5.75 Å². The van der Waals surface area contributed by atoms with Gasteiger partial charge in [0.05, 0.1) is 24.3 Å². The Hall–Kier alpha value is -2.22. The van der Waals surface area contributed by atoms with Crippen LogP contribution in [0.3, 0.4) is 0 Å². The Morgan fingerprint density at radius 3 is 2.90 bits per heavy atom. The first kappa shape index (κ1) is 21.0. The number of nitrogens with zero attached hydrogens (tertiary/aromatic N) is 2. The van der Waals surface area contributed by atoms with Gasteiger partial charge < -0.3 is 14.4 Å². The van der Waals surface area contributed by atoms with E-state index in [1.54, 1.807) is 35.2 Å². The molecule has 1 unspecified atom stereocenters. The molecule has 1 aromatic carbocycles. The van der Waals surface area contributed by atoms with E-state index in [0.29, 0.717) is 17.4 Å². The highest BCUT2D eigenvalue weighted by atomic mass is 35.5. The van der Waals surface area contributed by atoms with Crippen molar-refractivity contribution in [3.63, 3.8) is 0 Å². The zero-order chi connectivity index (χ0) is 21.5. The summed E-state index contributed by atoms with van der Waals surface area (Å²) < 4.78 is 35.6. The molecule has 0 radical (unpaired) electrons. The third-order valence-electron chi connectivity index (χ3n) is 5.64. The normalized spacial score (nSPS) is 16.0. The minimum absolute atomic E-state index is 0.0102. The Morgan fingerprint density at radius 1 is 1.33 bits per heavy atom. The third kappa shape index (κ3) is 3.89. The molecule has 0 saturated carbocycles. The molecule has 0 aliphatic carbocycles. The van der Waals surface area contributed by atoms with Crippen LogP contribution in [0, 0.1) is 0 Å². The second-order valence-corrected chi connectivity index (χ2v) is 8.79. The van der Waals surface area contributed by atoms with Gasteiger partial charge in [0.1, 0.15) is 5.75 Å². The average molecular weight is 436 g/mol. The van der Waals surface area contributed by atoms with E-state index in [1.165, 1.54) is 0 Å². The number of rotatable bonds is 7. The smallest absolute Gasteiger partial charge is 0.280 e. The lowest BCUT2D eigenvalue weighted by Gasteiger charge is -2.37. The van der Waals surface area contributed by atoms with Crippen molar-refractivity contribution in [2.45, 2.75) is 50.9 Å². The molecule has 2 aromatic heterocycles. The van der Waals surface area contributed by atoms with Gasteiger partial charge >= 0.3 is 0 Å². The standard InChI is InChI=1S/C22H24ClF2N3O2/c1-21(2,16-11-15(23)10-14-6-9-30-19(14)16)12-22(29,20(24)25)27-13-28-8-5-17-18(28)4-3-7-26-17/h3-5,7-8,10-11,20,27,29H,6,9,12-13H2,1-2H3. The third-order valence-corrected chi connectivity index (χ3v) is 5.86. The van der Waals surface area contributed by atoms with Crippen LogP contribution < -0.4 is 10.1 Å². The van der Waals surface area contributed by atoms with Gasteiger partial charge in [0, 0.05) is 35.8 Å². The molecular formula is C22H24ClF2N3O2. The number of hydrogen-bond donors (Lipinski definition) is 2. The van der Waals surface area contributed by atoms with Gasteiger partial charge in [-0.3, -0.25) is 10.3 Å². The fraction of sp³-hybridized carbons (Fsp3) is 0.409. The summed E-state index contributed by atoms with van der Waals surface area (Å²) in [5, 5.41) is 14.1. The molecule has 2 N–H and O–H groups in total. The van der Waals surface area contributed by atoms with Crippen LogP contribution in [0.2, 0.25) is 5.02 Å². The molecule has 0 fully saturated rings. The fourth-order valence-electron chi connectivity index (χ4n) is 4.14. The SMILES string of the molecule is CC(C)(CC(O)(NCn1ccc2ncccc21)C(F)F)c1cc(Cl)cc2c1OCC2. The number of hydrogen-bond acceptors (Lipinski definition) is 4. The minimum Gasteiger partial charge on any atom is -0.493 e. The summed E-state index contributed by atoms with van der Waals surface area (Å²) in [5.41, 5.74) is 0.00621. The molecule has 0 amide bonds. The number of aromatic nitrogens is 2. The molecule has 1 aliphatic rings. The second-order valence-electron chi connectivity index (χ2n) is 8.35. The van der Waals surface area contributed by atoms with Gasteiger partial charge in [0.25, 0.3) is 6.43 Å². The lowest BCUT2D eigenvalue weighted by molar-refractivity contribution is -0.136. The number of ether oxygens (including phenoxy) is 1. The first-order valence-corrected chi connectivity index (χ1v) is 10.2. The maximum atomic E-state index is 14.0. The number of aliphatic hydroxyl groups is 1. The summed E-state index contributed by atoms with van der Waals surface area (Å²) >= 11 is 6.26. The van der Waals surface area contributed by atoms with E-state index < -0.39 is 17.6 Å². The average Bonchev–Trinajstić information content (AvgIpc) is 3.32. The van der Waals surface area contributed by atoms with Crippen LogP contribution in [0.4, 0.5) is 8.78 Å². The number of halogens is 3. The van der Waals surface area contributed by atoms with Crippen LogP contribution in [-0.2, 0) is 18.5 Å². The Labute approximate surface area is 178 Å². The molecular weight excluding hydrogens is 412 g/mol. The van der Waals surface area contributed by atoms with Gasteiger partial charge in [-0.15, -0.1) is 0 Å². The summed E-state index contributed by atoms with van der Waals surface area (Å²) in [6.07, 6.45) is 0.921. The first-order chi connectivity index (χ1) is 14.2. The van der Waals surface area contributed by atoms with Crippen LogP contribution in [0.25, 0.3) is 11.0 Å². The van der Waals surface area contributed by atoms with Crippen LogP contribution >= 0.6 is 11.6 Å². The van der Waals surface area contributed by atoms with Crippen LogP contribution in [0.15, 0.2) is 42.7 Å². The van der Waals surface area contributed by atoms with Crippen molar-refractivity contribution in [1.82, 2.24) is 14.9 Å². The molecule has 1 atom stereocenters. The van der Waals surface area contributed by atoms with Gasteiger partial charge in [0.15, 0.2) is 5.72 Å². The van der Waals surface area contributed by atoms with E-state index in [1.807, 2.05) is 26.0 Å². The Balaban J connectivity index is 1.59. The van der Waals surface area contributed by atoms with Gasteiger partial charge in [0.2, 0.25) is 0 Å². The highest BCUT2D eigenvalue weighted by Crippen LogP contribution is 2.43. The van der Waals surface area contributed by atoms with Crippen molar-refractivity contribution in [2.75, 3.05) is 6.61 Å². The first-order valence-electron chi connectivity index (χ1n) is 9.81. The molecule has 4 rings (SSSR count). The quantitative estimate of drug-likeness (QED) is 0.537. The molecule has 1 aliphatic heterocycles. The summed E-state index contributed by atoms with van der Waals surface area (Å²) in [6, 6.07) is 9.01. The van der Waals surface area contributed by atoms with Gasteiger partial charge in [-0.1, -0.05) is 25.4 Å². The lowest BCUT2D eigenvalue weighted by Crippen LogP contribution is -2.54. The predicted molar refractivity (Wildman–Crippen MR) is 112 cm³/mol. The molecule has 3 aromatic rings. The van der Waals surface area contributed by atoms with Crippen LogP contribution in [0.5, 0.6) is 5.75 Å². The number of nitrogens with one attached hydrogen (secondary N) is 1. The number of benzene rings is 1. The molecule has 3 heterocycles. The summed E-state index contributed by atoms with van der Waals surface area (Å²) in [5.74, 6) is 0.684. The number of fused-ring (bicyclic) bond motifs is 2. The van der Waals surface area contributed by atoms with Gasteiger partial charge in [-0.05, 0) is 41.3 Å². The van der Waals surface area contributed by atoms with Crippen molar-refractivity contribution in [2.24, 2.45) is 0 Å². The second kappa shape index (κ2) is 7.80. The molecule has 8 heteroatoms. The Kier molecular flexibility index (Phi) is 5.46. The number of pyridine rings is 1.